The normalized spacial score (nSPS) is 27.4. The van der Waals surface area contributed by atoms with Gasteiger partial charge in [0.2, 0.25) is 5.91 Å². The summed E-state index contributed by atoms with van der Waals surface area (Å²) in [7, 11) is 0. The molecule has 3 rings (SSSR count). The van der Waals surface area contributed by atoms with Gasteiger partial charge in [-0.05, 0) is 43.9 Å². The van der Waals surface area contributed by atoms with Crippen molar-refractivity contribution in [3.05, 3.63) is 24.2 Å². The van der Waals surface area contributed by atoms with Crippen molar-refractivity contribution in [1.29, 1.82) is 0 Å². The highest BCUT2D eigenvalue weighted by Crippen LogP contribution is 2.30. The number of hydrogen-bond acceptors (Lipinski definition) is 3. The summed E-state index contributed by atoms with van der Waals surface area (Å²) in [5, 5.41) is 3.33. The molecular formula is C14H20N2O2. The average molecular weight is 248 g/mol. The molecule has 2 fully saturated rings. The highest BCUT2D eigenvalue weighted by Gasteiger charge is 2.39. The summed E-state index contributed by atoms with van der Waals surface area (Å²) in [5.41, 5.74) is 0. The average Bonchev–Trinajstić information content (AvgIpc) is 2.89. The van der Waals surface area contributed by atoms with E-state index in [1.165, 1.54) is 0 Å². The lowest BCUT2D eigenvalue weighted by molar-refractivity contribution is -0.135. The zero-order valence-electron chi connectivity index (χ0n) is 10.8. The Labute approximate surface area is 107 Å². The molecule has 2 aliphatic rings. The van der Waals surface area contributed by atoms with Crippen molar-refractivity contribution in [2.45, 2.75) is 44.8 Å². The molecule has 2 atom stereocenters. The minimum absolute atomic E-state index is 0.000521. The fourth-order valence-electron chi connectivity index (χ4n) is 2.69. The van der Waals surface area contributed by atoms with Crippen molar-refractivity contribution in [3.63, 3.8) is 0 Å². The van der Waals surface area contributed by atoms with Crippen molar-refractivity contribution >= 4 is 5.91 Å². The molecule has 0 spiro atoms. The van der Waals surface area contributed by atoms with Crippen LogP contribution in [0, 0.1) is 5.92 Å². The van der Waals surface area contributed by atoms with Gasteiger partial charge in [-0.15, -0.1) is 0 Å². The van der Waals surface area contributed by atoms with E-state index < -0.39 is 0 Å². The molecule has 1 saturated heterocycles. The number of carbonyl (C=O) groups is 1. The SMILES string of the molecule is CC1CCNC1C(=O)N(Cc1ccco1)C1CC1. The minimum atomic E-state index is 0.000521. The topological polar surface area (TPSA) is 45.5 Å². The lowest BCUT2D eigenvalue weighted by Gasteiger charge is -2.26. The molecule has 1 N–H and O–H groups in total. The molecule has 1 aromatic rings. The highest BCUT2D eigenvalue weighted by molar-refractivity contribution is 5.83. The van der Waals surface area contributed by atoms with E-state index in [0.717, 1.165) is 31.6 Å². The van der Waals surface area contributed by atoms with Crippen LogP contribution in [0.25, 0.3) is 0 Å². The van der Waals surface area contributed by atoms with Crippen molar-refractivity contribution in [3.8, 4) is 0 Å². The summed E-state index contributed by atoms with van der Waals surface area (Å²) >= 11 is 0. The lowest BCUT2D eigenvalue weighted by atomic mass is 10.0. The third-order valence-electron chi connectivity index (χ3n) is 3.98. The van der Waals surface area contributed by atoms with E-state index in [1.54, 1.807) is 6.26 Å². The quantitative estimate of drug-likeness (QED) is 0.883. The molecule has 2 heterocycles. The number of amides is 1. The smallest absolute Gasteiger partial charge is 0.240 e. The van der Waals surface area contributed by atoms with Crippen LogP contribution in [0.5, 0.6) is 0 Å². The molecule has 4 nitrogen and oxygen atoms in total. The minimum Gasteiger partial charge on any atom is -0.467 e. The monoisotopic (exact) mass is 248 g/mol. The lowest BCUT2D eigenvalue weighted by Crippen LogP contribution is -2.46. The van der Waals surface area contributed by atoms with Crippen LogP contribution in [0.2, 0.25) is 0 Å². The second-order valence-corrected chi connectivity index (χ2v) is 5.47. The maximum absolute atomic E-state index is 12.6. The van der Waals surface area contributed by atoms with Gasteiger partial charge in [0.25, 0.3) is 0 Å². The number of carbonyl (C=O) groups excluding carboxylic acids is 1. The van der Waals surface area contributed by atoms with Gasteiger partial charge < -0.3 is 14.6 Å². The molecule has 0 radical (unpaired) electrons. The van der Waals surface area contributed by atoms with Crippen molar-refractivity contribution in [2.75, 3.05) is 6.54 Å². The van der Waals surface area contributed by atoms with Crippen LogP contribution in [0.15, 0.2) is 22.8 Å². The Hall–Kier alpha value is -1.29. The number of rotatable bonds is 4. The Morgan fingerprint density at radius 1 is 1.50 bits per heavy atom. The Morgan fingerprint density at radius 2 is 2.33 bits per heavy atom. The van der Waals surface area contributed by atoms with Crippen molar-refractivity contribution in [2.24, 2.45) is 5.92 Å². The van der Waals surface area contributed by atoms with E-state index in [9.17, 15) is 4.79 Å². The van der Waals surface area contributed by atoms with Gasteiger partial charge in [-0.2, -0.15) is 0 Å². The fourth-order valence-corrected chi connectivity index (χ4v) is 2.69. The predicted molar refractivity (Wildman–Crippen MR) is 67.9 cm³/mol. The number of hydrogen-bond donors (Lipinski definition) is 1. The Bertz CT molecular complexity index is 411. The van der Waals surface area contributed by atoms with Gasteiger partial charge in [-0.3, -0.25) is 4.79 Å². The van der Waals surface area contributed by atoms with E-state index in [0.29, 0.717) is 18.5 Å². The molecule has 1 aliphatic heterocycles. The summed E-state index contributed by atoms with van der Waals surface area (Å²) in [6.07, 6.45) is 5.03. The van der Waals surface area contributed by atoms with Gasteiger partial charge in [0.05, 0.1) is 18.8 Å². The molecule has 1 saturated carbocycles. The van der Waals surface area contributed by atoms with Gasteiger partial charge in [0, 0.05) is 6.04 Å². The number of nitrogens with one attached hydrogen (secondary N) is 1. The Balaban J connectivity index is 1.71. The molecule has 1 amide bonds. The largest absolute Gasteiger partial charge is 0.467 e. The van der Waals surface area contributed by atoms with E-state index in [2.05, 4.69) is 12.2 Å². The Morgan fingerprint density at radius 3 is 2.89 bits per heavy atom. The first-order chi connectivity index (χ1) is 8.75. The van der Waals surface area contributed by atoms with Crippen molar-refractivity contribution in [1.82, 2.24) is 10.2 Å². The molecule has 1 aliphatic carbocycles. The van der Waals surface area contributed by atoms with Crippen molar-refractivity contribution < 1.29 is 9.21 Å². The Kier molecular flexibility index (Phi) is 3.12. The molecule has 2 unspecified atom stereocenters. The molecule has 18 heavy (non-hydrogen) atoms. The standard InChI is InChI=1S/C14H20N2O2/c1-10-6-7-15-13(10)14(17)16(11-4-5-11)9-12-3-2-8-18-12/h2-3,8,10-11,13,15H,4-7,9H2,1H3. The van der Waals surface area contributed by atoms with E-state index in [-0.39, 0.29) is 11.9 Å². The molecule has 0 aromatic carbocycles. The summed E-state index contributed by atoms with van der Waals surface area (Å²) in [6, 6.07) is 4.24. The second-order valence-electron chi connectivity index (χ2n) is 5.47. The van der Waals surface area contributed by atoms with Crippen LogP contribution < -0.4 is 5.32 Å². The van der Waals surface area contributed by atoms with Gasteiger partial charge >= 0.3 is 0 Å². The number of nitrogens with zero attached hydrogens (tertiary/aromatic N) is 1. The molecule has 0 bridgehead atoms. The summed E-state index contributed by atoms with van der Waals surface area (Å²) in [5.74, 6) is 1.56. The van der Waals surface area contributed by atoms with Crippen LogP contribution in [-0.2, 0) is 11.3 Å². The predicted octanol–water partition coefficient (Wildman–Crippen LogP) is 1.77. The zero-order valence-corrected chi connectivity index (χ0v) is 10.8. The third-order valence-corrected chi connectivity index (χ3v) is 3.98. The van der Waals surface area contributed by atoms with Gasteiger partial charge in [-0.1, -0.05) is 6.92 Å². The molecule has 1 aromatic heterocycles. The fraction of sp³-hybridized carbons (Fsp3) is 0.643. The van der Waals surface area contributed by atoms with Gasteiger partial charge in [-0.25, -0.2) is 0 Å². The van der Waals surface area contributed by atoms with Crippen LogP contribution in [0.1, 0.15) is 31.9 Å². The van der Waals surface area contributed by atoms with Crippen LogP contribution in [0.4, 0.5) is 0 Å². The van der Waals surface area contributed by atoms with E-state index in [1.807, 2.05) is 17.0 Å². The second kappa shape index (κ2) is 4.76. The van der Waals surface area contributed by atoms with E-state index >= 15 is 0 Å². The summed E-state index contributed by atoms with van der Waals surface area (Å²) in [6.45, 7) is 3.72. The molecule has 4 heteroatoms. The van der Waals surface area contributed by atoms with Crippen LogP contribution in [0.3, 0.4) is 0 Å². The first-order valence-electron chi connectivity index (χ1n) is 6.82. The van der Waals surface area contributed by atoms with E-state index in [4.69, 9.17) is 4.42 Å². The first kappa shape index (κ1) is 11.8. The highest BCUT2D eigenvalue weighted by atomic mass is 16.3. The molecule has 98 valence electrons. The first-order valence-corrected chi connectivity index (χ1v) is 6.82. The maximum atomic E-state index is 12.6. The summed E-state index contributed by atoms with van der Waals surface area (Å²) < 4.78 is 5.37. The van der Waals surface area contributed by atoms with Crippen LogP contribution >= 0.6 is 0 Å². The summed E-state index contributed by atoms with van der Waals surface area (Å²) in [4.78, 5) is 14.6. The third kappa shape index (κ3) is 2.29. The van der Waals surface area contributed by atoms with Crippen LogP contribution in [-0.4, -0.2) is 29.4 Å². The maximum Gasteiger partial charge on any atom is 0.240 e. The van der Waals surface area contributed by atoms with Gasteiger partial charge in [0.15, 0.2) is 0 Å². The molecular weight excluding hydrogens is 228 g/mol. The zero-order chi connectivity index (χ0) is 12.5. The number of furan rings is 1. The van der Waals surface area contributed by atoms with Gasteiger partial charge in [0.1, 0.15) is 5.76 Å².